The zero-order valence-corrected chi connectivity index (χ0v) is 14.1. The zero-order chi connectivity index (χ0) is 14.1. The molecule has 0 fully saturated rings. The molecule has 0 aromatic heterocycles. The number of carbonyl (C=O) groups excluding carboxylic acids is 1. The van der Waals surface area contributed by atoms with Crippen molar-refractivity contribution in [2.24, 2.45) is 11.1 Å². The van der Waals surface area contributed by atoms with E-state index in [1.807, 2.05) is 45.9 Å². The molecule has 3 N–H and O–H groups in total. The molecule has 1 aromatic rings. The summed E-state index contributed by atoms with van der Waals surface area (Å²) in [4.78, 5) is 12.4. The summed E-state index contributed by atoms with van der Waals surface area (Å²) in [6.07, 6.45) is 0. The molecule has 0 saturated heterocycles. The van der Waals surface area contributed by atoms with E-state index in [9.17, 15) is 4.79 Å². The summed E-state index contributed by atoms with van der Waals surface area (Å²) >= 11 is 6.83. The van der Waals surface area contributed by atoms with E-state index in [1.165, 1.54) is 0 Å². The number of hydrogen-bond acceptors (Lipinski definition) is 2. The Balaban J connectivity index is 3.03. The van der Waals surface area contributed by atoms with Crippen LogP contribution in [0.4, 0.5) is 5.69 Å². The molecule has 0 spiro atoms. The van der Waals surface area contributed by atoms with Crippen LogP contribution in [0.5, 0.6) is 0 Å². The second kappa shape index (κ2) is 5.31. The van der Waals surface area contributed by atoms with Gasteiger partial charge in [-0.25, -0.2) is 0 Å². The molecule has 0 bridgehead atoms. The highest BCUT2D eigenvalue weighted by Gasteiger charge is 2.40. The first-order valence-electron chi connectivity index (χ1n) is 5.61. The largest absolute Gasteiger partial charge is 0.325 e. The van der Waals surface area contributed by atoms with Crippen LogP contribution in [0.25, 0.3) is 0 Å². The van der Waals surface area contributed by atoms with Crippen LogP contribution in [0, 0.1) is 5.41 Å². The van der Waals surface area contributed by atoms with Gasteiger partial charge in [-0.3, -0.25) is 4.79 Å². The summed E-state index contributed by atoms with van der Waals surface area (Å²) in [7, 11) is 0. The highest BCUT2D eigenvalue weighted by atomic mass is 79.9. The molecule has 1 amide bonds. The molecule has 3 nitrogen and oxygen atoms in total. The Morgan fingerprint density at radius 1 is 1.17 bits per heavy atom. The van der Waals surface area contributed by atoms with Gasteiger partial charge >= 0.3 is 0 Å². The van der Waals surface area contributed by atoms with E-state index in [0.29, 0.717) is 0 Å². The number of rotatable bonds is 3. The van der Waals surface area contributed by atoms with Crippen molar-refractivity contribution in [2.45, 2.75) is 33.2 Å². The quantitative estimate of drug-likeness (QED) is 0.838. The standard InChI is InChI=1S/C13H18Br2N2O/c1-12(2,13(3,4)16)11(18)17-10-8(14)6-5-7-9(10)15/h5-7H,16H2,1-4H3,(H,17,18). The van der Waals surface area contributed by atoms with E-state index >= 15 is 0 Å². The zero-order valence-electron chi connectivity index (χ0n) is 11.0. The molecule has 18 heavy (non-hydrogen) atoms. The van der Waals surface area contributed by atoms with Gasteiger partial charge in [-0.2, -0.15) is 0 Å². The van der Waals surface area contributed by atoms with E-state index < -0.39 is 11.0 Å². The highest BCUT2D eigenvalue weighted by molar-refractivity contribution is 9.11. The van der Waals surface area contributed by atoms with Crippen molar-refractivity contribution in [2.75, 3.05) is 5.32 Å². The Morgan fingerprint density at radius 2 is 1.61 bits per heavy atom. The molecule has 0 aliphatic heterocycles. The summed E-state index contributed by atoms with van der Waals surface area (Å²) in [6.45, 7) is 7.38. The van der Waals surface area contributed by atoms with Crippen molar-refractivity contribution in [1.29, 1.82) is 0 Å². The van der Waals surface area contributed by atoms with Crippen molar-refractivity contribution < 1.29 is 4.79 Å². The smallest absolute Gasteiger partial charge is 0.231 e. The van der Waals surface area contributed by atoms with Crippen LogP contribution >= 0.6 is 31.9 Å². The van der Waals surface area contributed by atoms with Gasteiger partial charge in [0.25, 0.3) is 0 Å². The molecule has 0 saturated carbocycles. The molecule has 5 heteroatoms. The van der Waals surface area contributed by atoms with Crippen LogP contribution in [-0.2, 0) is 4.79 Å². The molecule has 1 rings (SSSR count). The van der Waals surface area contributed by atoms with Crippen LogP contribution in [-0.4, -0.2) is 11.4 Å². The summed E-state index contributed by atoms with van der Waals surface area (Å²) in [5, 5.41) is 2.91. The topological polar surface area (TPSA) is 55.1 Å². The maximum atomic E-state index is 12.4. The number of nitrogens with two attached hydrogens (primary N) is 1. The highest BCUT2D eigenvalue weighted by Crippen LogP contribution is 2.34. The first-order valence-corrected chi connectivity index (χ1v) is 7.20. The number of para-hydroxylation sites is 1. The molecule has 100 valence electrons. The Kier molecular flexibility index (Phi) is 4.62. The van der Waals surface area contributed by atoms with Gasteiger partial charge in [0.2, 0.25) is 5.91 Å². The van der Waals surface area contributed by atoms with E-state index in [-0.39, 0.29) is 5.91 Å². The van der Waals surface area contributed by atoms with Gasteiger partial charge in [-0.05, 0) is 71.7 Å². The molecule has 1 aromatic carbocycles. The minimum Gasteiger partial charge on any atom is -0.325 e. The lowest BCUT2D eigenvalue weighted by Crippen LogP contribution is -2.53. The minimum atomic E-state index is -0.679. The van der Waals surface area contributed by atoms with Crippen LogP contribution in [0.3, 0.4) is 0 Å². The van der Waals surface area contributed by atoms with Crippen LogP contribution in [0.2, 0.25) is 0 Å². The minimum absolute atomic E-state index is 0.109. The summed E-state index contributed by atoms with van der Waals surface area (Å²) < 4.78 is 1.66. The van der Waals surface area contributed by atoms with Gasteiger partial charge in [0.1, 0.15) is 0 Å². The lowest BCUT2D eigenvalue weighted by atomic mass is 9.74. The van der Waals surface area contributed by atoms with E-state index in [0.717, 1.165) is 14.6 Å². The van der Waals surface area contributed by atoms with E-state index in [2.05, 4.69) is 37.2 Å². The molecule has 0 radical (unpaired) electrons. The van der Waals surface area contributed by atoms with Crippen molar-refractivity contribution in [1.82, 2.24) is 0 Å². The number of halogens is 2. The fourth-order valence-corrected chi connectivity index (χ4v) is 2.38. The third kappa shape index (κ3) is 3.13. The second-order valence-corrected chi connectivity index (χ2v) is 7.11. The van der Waals surface area contributed by atoms with Crippen molar-refractivity contribution >= 4 is 43.5 Å². The fraction of sp³-hybridized carbons (Fsp3) is 0.462. The van der Waals surface area contributed by atoms with Gasteiger partial charge < -0.3 is 11.1 Å². The fourth-order valence-electron chi connectivity index (χ4n) is 1.18. The Morgan fingerprint density at radius 3 is 2.00 bits per heavy atom. The Labute approximate surface area is 125 Å². The van der Waals surface area contributed by atoms with Crippen molar-refractivity contribution in [3.63, 3.8) is 0 Å². The van der Waals surface area contributed by atoms with Crippen LogP contribution in [0.15, 0.2) is 27.1 Å². The summed E-state index contributed by atoms with van der Waals surface area (Å²) in [5.74, 6) is -0.109. The van der Waals surface area contributed by atoms with Crippen molar-refractivity contribution in [3.8, 4) is 0 Å². The summed E-state index contributed by atoms with van der Waals surface area (Å²) in [6, 6.07) is 5.64. The van der Waals surface area contributed by atoms with Gasteiger partial charge in [0, 0.05) is 14.5 Å². The maximum absolute atomic E-state index is 12.4. The van der Waals surface area contributed by atoms with Gasteiger partial charge in [-0.1, -0.05) is 6.07 Å². The van der Waals surface area contributed by atoms with Crippen LogP contribution < -0.4 is 11.1 Å². The van der Waals surface area contributed by atoms with E-state index in [1.54, 1.807) is 0 Å². The molecular weight excluding hydrogens is 360 g/mol. The lowest BCUT2D eigenvalue weighted by Gasteiger charge is -2.37. The number of nitrogens with one attached hydrogen (secondary N) is 1. The first kappa shape index (κ1) is 15.7. The SMILES string of the molecule is CC(C)(N)C(C)(C)C(=O)Nc1c(Br)cccc1Br. The number of amides is 1. The van der Waals surface area contributed by atoms with Crippen LogP contribution in [0.1, 0.15) is 27.7 Å². The predicted octanol–water partition coefficient (Wildman–Crippen LogP) is 3.91. The Hall–Kier alpha value is -0.390. The molecular formula is C13H18Br2N2O. The number of carbonyl (C=O) groups is 1. The van der Waals surface area contributed by atoms with Gasteiger partial charge in [-0.15, -0.1) is 0 Å². The van der Waals surface area contributed by atoms with Gasteiger partial charge in [0.05, 0.1) is 11.1 Å². The first-order chi connectivity index (χ1) is 8.07. The Bertz CT molecular complexity index is 444. The normalized spacial score (nSPS) is 12.4. The third-order valence-corrected chi connectivity index (χ3v) is 4.70. The van der Waals surface area contributed by atoms with Crippen molar-refractivity contribution in [3.05, 3.63) is 27.1 Å². The third-order valence-electron chi connectivity index (χ3n) is 3.38. The average molecular weight is 378 g/mol. The number of anilines is 1. The lowest BCUT2D eigenvalue weighted by molar-refractivity contribution is -0.126. The average Bonchev–Trinajstić information content (AvgIpc) is 2.21. The van der Waals surface area contributed by atoms with Gasteiger partial charge in [0.15, 0.2) is 0 Å². The maximum Gasteiger partial charge on any atom is 0.231 e. The summed E-state index contributed by atoms with van der Waals surface area (Å²) in [5.41, 5.74) is 5.50. The second-order valence-electron chi connectivity index (χ2n) is 5.40. The molecule has 0 unspecified atom stereocenters. The number of benzene rings is 1. The molecule has 0 atom stereocenters. The molecule has 0 aliphatic rings. The molecule has 0 heterocycles. The monoisotopic (exact) mass is 376 g/mol. The number of hydrogen-bond donors (Lipinski definition) is 2. The molecule has 0 aliphatic carbocycles. The van der Waals surface area contributed by atoms with E-state index in [4.69, 9.17) is 5.73 Å². The predicted molar refractivity (Wildman–Crippen MR) is 82.5 cm³/mol.